The summed E-state index contributed by atoms with van der Waals surface area (Å²) in [7, 11) is 0. The Balaban J connectivity index is 1.45. The van der Waals surface area contributed by atoms with Crippen LogP contribution >= 0.6 is 11.6 Å². The molecule has 2 unspecified atom stereocenters. The second-order valence-electron chi connectivity index (χ2n) is 10.8. The highest BCUT2D eigenvalue weighted by molar-refractivity contribution is 6.34. The van der Waals surface area contributed by atoms with Crippen LogP contribution in [0.3, 0.4) is 0 Å². The van der Waals surface area contributed by atoms with E-state index < -0.39 is 24.3 Å². The molecular weight excluding hydrogens is 505 g/mol. The van der Waals surface area contributed by atoms with Crippen LogP contribution in [0.5, 0.6) is 0 Å². The summed E-state index contributed by atoms with van der Waals surface area (Å²) in [4.78, 5) is 28.9. The quantitative estimate of drug-likeness (QED) is 0.400. The summed E-state index contributed by atoms with van der Waals surface area (Å²) < 4.78 is 41.5. The number of rotatable bonds is 7. The minimum Gasteiger partial charge on any atom is -0.369 e. The van der Waals surface area contributed by atoms with Crippen LogP contribution in [0.1, 0.15) is 53.6 Å². The van der Waals surface area contributed by atoms with Gasteiger partial charge in [-0.2, -0.15) is 5.10 Å². The van der Waals surface area contributed by atoms with Crippen LogP contribution in [0.25, 0.3) is 11.3 Å². The first-order valence-corrected chi connectivity index (χ1v) is 13.4. The molecular formula is C29H31ClFN5O2. The number of carbonyl (C=O) groups excluding carboxylic acids is 2. The van der Waals surface area contributed by atoms with E-state index in [-0.39, 0.29) is 28.6 Å². The Kier molecular flexibility index (Phi) is 5.34. The van der Waals surface area contributed by atoms with E-state index in [2.05, 4.69) is 15.3 Å². The summed E-state index contributed by atoms with van der Waals surface area (Å²) in [6.07, 6.45) is 2.88. The van der Waals surface area contributed by atoms with Crippen molar-refractivity contribution >= 4 is 40.6 Å². The van der Waals surface area contributed by atoms with E-state index in [0.29, 0.717) is 28.2 Å². The van der Waals surface area contributed by atoms with Gasteiger partial charge in [0.25, 0.3) is 5.91 Å². The highest BCUT2D eigenvalue weighted by Gasteiger charge is 2.45. The number of anilines is 3. The van der Waals surface area contributed by atoms with Gasteiger partial charge in [-0.15, -0.1) is 0 Å². The second kappa shape index (κ2) is 9.42. The highest BCUT2D eigenvalue weighted by atomic mass is 35.5. The van der Waals surface area contributed by atoms with Crippen molar-refractivity contribution in [2.24, 2.45) is 17.8 Å². The second-order valence-corrected chi connectivity index (χ2v) is 11.2. The molecule has 9 heteroatoms. The third kappa shape index (κ3) is 4.55. The summed E-state index contributed by atoms with van der Waals surface area (Å²) in [6.45, 7) is 2.52. The summed E-state index contributed by atoms with van der Waals surface area (Å²) in [5, 5.41) is 7.37. The zero-order chi connectivity index (χ0) is 29.2. The Bertz CT molecular complexity index is 1510. The molecule has 38 heavy (non-hydrogen) atoms. The van der Waals surface area contributed by atoms with Crippen LogP contribution in [0.2, 0.25) is 5.02 Å². The summed E-state index contributed by atoms with van der Waals surface area (Å²) in [5.74, 6) is -0.447. The van der Waals surface area contributed by atoms with E-state index in [4.69, 9.17) is 15.7 Å². The zero-order valence-electron chi connectivity index (χ0n) is 24.2. The van der Waals surface area contributed by atoms with Gasteiger partial charge in [0.05, 0.1) is 27.7 Å². The summed E-state index contributed by atoms with van der Waals surface area (Å²) in [6, 6.07) is 10.8. The van der Waals surface area contributed by atoms with Gasteiger partial charge in [0.15, 0.2) is 5.82 Å². The number of hydrogen-bond donors (Lipinski definition) is 1. The summed E-state index contributed by atoms with van der Waals surface area (Å²) in [5.41, 5.74) is 1.72. The van der Waals surface area contributed by atoms with Crippen molar-refractivity contribution < 1.29 is 18.1 Å². The van der Waals surface area contributed by atoms with Gasteiger partial charge in [-0.3, -0.25) is 14.3 Å². The Morgan fingerprint density at radius 3 is 2.61 bits per heavy atom. The average molecular weight is 539 g/mol. The number of piperidine rings is 1. The maximum atomic E-state index is 14.8. The van der Waals surface area contributed by atoms with Gasteiger partial charge in [-0.05, 0) is 69.2 Å². The van der Waals surface area contributed by atoms with Crippen LogP contribution in [-0.2, 0) is 4.79 Å². The first-order chi connectivity index (χ1) is 19.4. The topological polar surface area (TPSA) is 70.5 Å². The average Bonchev–Trinajstić information content (AvgIpc) is 3.80. The predicted octanol–water partition coefficient (Wildman–Crippen LogP) is 6.00. The van der Waals surface area contributed by atoms with Gasteiger partial charge < -0.3 is 15.1 Å². The Labute approximate surface area is 230 Å². The largest absolute Gasteiger partial charge is 0.369 e. The molecule has 0 bridgehead atoms. The van der Waals surface area contributed by atoms with Gasteiger partial charge in [0.2, 0.25) is 5.91 Å². The van der Waals surface area contributed by atoms with Crippen molar-refractivity contribution in [2.75, 3.05) is 35.2 Å². The van der Waals surface area contributed by atoms with Gasteiger partial charge in [-0.1, -0.05) is 23.7 Å². The Morgan fingerprint density at radius 1 is 1.18 bits per heavy atom. The fraction of sp³-hybridized carbons (Fsp3) is 0.414. The number of aromatic nitrogens is 2. The lowest BCUT2D eigenvalue weighted by Crippen LogP contribution is -2.31. The maximum Gasteiger partial charge on any atom is 0.262 e. The van der Waals surface area contributed by atoms with Crippen molar-refractivity contribution in [3.63, 3.8) is 0 Å². The molecule has 2 aromatic carbocycles. The number of benzene rings is 2. The van der Waals surface area contributed by atoms with E-state index in [1.165, 1.54) is 12.1 Å². The van der Waals surface area contributed by atoms with Gasteiger partial charge >= 0.3 is 0 Å². The lowest BCUT2D eigenvalue weighted by atomic mass is 10.1. The SMILES string of the molecule is [2H]C([2H])([2H])N(C(=O)c1c(F)cccc1Cl)c1ccc(-c2cc(NC(=O)C3CC3)nn2C(C)C)cc1N1CC2CC2C1. The standard InChI is InChI=1S/C29H31ClFN5O2/c1-16(2)36-24(13-26(33-36)32-28(37)17-7-8-17)18-9-10-23(25(12-18)35-14-19-11-20(19)15-35)34(3)29(38)27-21(30)5-4-6-22(27)31/h4-6,9-10,12-13,16-17,19-20H,7-8,11,14-15H2,1-3H3,(H,32,33,37)/i3D3. The number of nitrogens with zero attached hydrogens (tertiary/aromatic N) is 4. The molecule has 2 saturated carbocycles. The lowest BCUT2D eigenvalue weighted by Gasteiger charge is -2.29. The normalized spacial score (nSPS) is 21.5. The van der Waals surface area contributed by atoms with Crippen molar-refractivity contribution in [2.45, 2.75) is 39.2 Å². The zero-order valence-corrected chi connectivity index (χ0v) is 22.0. The van der Waals surface area contributed by atoms with E-state index in [1.54, 1.807) is 12.1 Å². The lowest BCUT2D eigenvalue weighted by molar-refractivity contribution is -0.117. The number of carbonyl (C=O) groups is 2. The van der Waals surface area contributed by atoms with Gasteiger partial charge in [0.1, 0.15) is 5.82 Å². The minimum absolute atomic E-state index is 0.0252. The first kappa shape index (κ1) is 21.5. The molecule has 2 atom stereocenters. The van der Waals surface area contributed by atoms with Gasteiger partial charge in [0, 0.05) is 47.8 Å². The van der Waals surface area contributed by atoms with Crippen molar-refractivity contribution in [3.05, 3.63) is 58.9 Å². The third-order valence-corrected chi connectivity index (χ3v) is 7.95. The molecule has 3 aromatic rings. The third-order valence-electron chi connectivity index (χ3n) is 7.64. The number of nitrogens with one attached hydrogen (secondary N) is 1. The molecule has 3 fully saturated rings. The number of hydrogen-bond acceptors (Lipinski definition) is 4. The molecule has 1 N–H and O–H groups in total. The molecule has 3 aliphatic rings. The molecule has 2 amide bonds. The number of halogens is 2. The molecule has 1 aromatic heterocycles. The Hall–Kier alpha value is -3.39. The molecule has 1 saturated heterocycles. The van der Waals surface area contributed by atoms with Crippen molar-refractivity contribution in [1.29, 1.82) is 0 Å². The molecule has 198 valence electrons. The molecule has 1 aliphatic heterocycles. The van der Waals surface area contributed by atoms with Crippen LogP contribution in [0.15, 0.2) is 42.5 Å². The van der Waals surface area contributed by atoms with Crippen LogP contribution in [0.4, 0.5) is 21.6 Å². The predicted molar refractivity (Wildman–Crippen MR) is 147 cm³/mol. The molecule has 6 rings (SSSR count). The minimum atomic E-state index is -2.92. The molecule has 7 nitrogen and oxygen atoms in total. The number of fused-ring (bicyclic) bond motifs is 1. The molecule has 0 spiro atoms. The molecule has 2 aliphatic carbocycles. The van der Waals surface area contributed by atoms with Crippen molar-refractivity contribution in [3.8, 4) is 11.3 Å². The van der Waals surface area contributed by atoms with E-state index in [0.717, 1.165) is 49.7 Å². The fourth-order valence-corrected chi connectivity index (χ4v) is 5.53. The number of amides is 2. The van der Waals surface area contributed by atoms with Crippen LogP contribution in [0, 0.1) is 23.6 Å². The van der Waals surface area contributed by atoms with E-state index in [9.17, 15) is 14.0 Å². The fourth-order valence-electron chi connectivity index (χ4n) is 5.28. The molecule has 0 radical (unpaired) electrons. The van der Waals surface area contributed by atoms with Gasteiger partial charge in [-0.25, -0.2) is 4.39 Å². The maximum absolute atomic E-state index is 14.8. The monoisotopic (exact) mass is 538 g/mol. The van der Waals surface area contributed by atoms with E-state index >= 15 is 0 Å². The Morgan fingerprint density at radius 2 is 1.95 bits per heavy atom. The summed E-state index contributed by atoms with van der Waals surface area (Å²) >= 11 is 6.19. The highest BCUT2D eigenvalue weighted by Crippen LogP contribution is 2.48. The van der Waals surface area contributed by atoms with E-state index in [1.807, 2.05) is 30.7 Å². The van der Waals surface area contributed by atoms with Crippen molar-refractivity contribution in [1.82, 2.24) is 9.78 Å². The first-order valence-electron chi connectivity index (χ1n) is 14.5. The smallest absolute Gasteiger partial charge is 0.262 e. The molecule has 2 heterocycles. The van der Waals surface area contributed by atoms with Crippen LogP contribution < -0.4 is 15.1 Å². The van der Waals surface area contributed by atoms with Crippen LogP contribution in [-0.4, -0.2) is 41.7 Å².